The summed E-state index contributed by atoms with van der Waals surface area (Å²) in [5, 5.41) is 2.91. The Balaban J connectivity index is 2.39. The van der Waals surface area contributed by atoms with Gasteiger partial charge < -0.3 is 11.1 Å². The van der Waals surface area contributed by atoms with Gasteiger partial charge in [0.2, 0.25) is 5.91 Å². The van der Waals surface area contributed by atoms with Crippen LogP contribution in [0.15, 0.2) is 18.2 Å². The molecule has 0 radical (unpaired) electrons. The van der Waals surface area contributed by atoms with Crippen molar-refractivity contribution in [2.75, 3.05) is 23.4 Å². The molecule has 0 bridgehead atoms. The van der Waals surface area contributed by atoms with Crippen molar-refractivity contribution in [3.8, 4) is 0 Å². The Labute approximate surface area is 107 Å². The lowest BCUT2D eigenvalue weighted by molar-refractivity contribution is -0.113. The maximum absolute atomic E-state index is 11.6. The normalized spacial score (nSPS) is 10.3. The molecular formula is C13H20N2OS. The van der Waals surface area contributed by atoms with Crippen LogP contribution < -0.4 is 11.1 Å². The van der Waals surface area contributed by atoms with Crippen LogP contribution in [0.25, 0.3) is 0 Å². The van der Waals surface area contributed by atoms with E-state index in [1.165, 1.54) is 0 Å². The van der Waals surface area contributed by atoms with Crippen LogP contribution >= 0.6 is 11.8 Å². The molecule has 0 aliphatic heterocycles. The van der Waals surface area contributed by atoms with Crippen molar-refractivity contribution in [1.29, 1.82) is 0 Å². The number of carbonyl (C=O) groups is 1. The van der Waals surface area contributed by atoms with E-state index in [1.807, 2.05) is 26.0 Å². The summed E-state index contributed by atoms with van der Waals surface area (Å²) in [6, 6.07) is 6.05. The van der Waals surface area contributed by atoms with Gasteiger partial charge in [-0.25, -0.2) is 0 Å². The summed E-state index contributed by atoms with van der Waals surface area (Å²) in [4.78, 5) is 11.6. The van der Waals surface area contributed by atoms with Crippen LogP contribution in [0.4, 0.5) is 5.69 Å². The SMILES string of the molecule is Cc1cc(C)cc(NC(=O)CSCCCN)c1. The lowest BCUT2D eigenvalue weighted by Gasteiger charge is -2.07. The number of aryl methyl sites for hydroxylation is 2. The first-order valence-electron chi connectivity index (χ1n) is 5.78. The molecule has 1 aromatic rings. The van der Waals surface area contributed by atoms with Crippen LogP contribution in [0.3, 0.4) is 0 Å². The van der Waals surface area contributed by atoms with Crippen molar-refractivity contribution in [1.82, 2.24) is 0 Å². The van der Waals surface area contributed by atoms with Crippen molar-refractivity contribution in [2.45, 2.75) is 20.3 Å². The third kappa shape index (κ3) is 5.75. The molecule has 1 aromatic carbocycles. The molecule has 4 heteroatoms. The largest absolute Gasteiger partial charge is 0.330 e. The Morgan fingerprint density at radius 2 is 1.94 bits per heavy atom. The standard InChI is InChI=1S/C13H20N2OS/c1-10-6-11(2)8-12(7-10)15-13(16)9-17-5-3-4-14/h6-8H,3-5,9,14H2,1-2H3,(H,15,16). The fraction of sp³-hybridized carbons (Fsp3) is 0.462. The van der Waals surface area contributed by atoms with Gasteiger partial charge in [-0.15, -0.1) is 0 Å². The molecule has 0 aliphatic rings. The monoisotopic (exact) mass is 252 g/mol. The highest BCUT2D eigenvalue weighted by atomic mass is 32.2. The Bertz CT molecular complexity index is 359. The Morgan fingerprint density at radius 3 is 2.53 bits per heavy atom. The molecule has 0 saturated heterocycles. The number of hydrogen-bond acceptors (Lipinski definition) is 3. The van der Waals surface area contributed by atoms with Crippen LogP contribution in [0.2, 0.25) is 0 Å². The number of nitrogens with one attached hydrogen (secondary N) is 1. The second kappa shape index (κ2) is 7.35. The molecule has 0 heterocycles. The van der Waals surface area contributed by atoms with Gasteiger partial charge in [-0.1, -0.05) is 6.07 Å². The number of hydrogen-bond donors (Lipinski definition) is 2. The summed E-state index contributed by atoms with van der Waals surface area (Å²) in [7, 11) is 0. The lowest BCUT2D eigenvalue weighted by atomic mass is 10.1. The van der Waals surface area contributed by atoms with E-state index >= 15 is 0 Å². The maximum Gasteiger partial charge on any atom is 0.234 e. The number of carbonyl (C=O) groups excluding carboxylic acids is 1. The van der Waals surface area contributed by atoms with Crippen molar-refractivity contribution in [3.63, 3.8) is 0 Å². The molecule has 0 unspecified atom stereocenters. The van der Waals surface area contributed by atoms with E-state index in [0.29, 0.717) is 12.3 Å². The van der Waals surface area contributed by atoms with Gasteiger partial charge in [0, 0.05) is 5.69 Å². The van der Waals surface area contributed by atoms with Crippen LogP contribution in [-0.4, -0.2) is 24.0 Å². The summed E-state index contributed by atoms with van der Waals surface area (Å²) in [6.45, 7) is 4.74. The van der Waals surface area contributed by atoms with Gasteiger partial charge in [0.15, 0.2) is 0 Å². The minimum atomic E-state index is 0.0528. The van der Waals surface area contributed by atoms with E-state index in [4.69, 9.17) is 5.73 Å². The van der Waals surface area contributed by atoms with E-state index in [9.17, 15) is 4.79 Å². The van der Waals surface area contributed by atoms with E-state index in [0.717, 1.165) is 29.0 Å². The van der Waals surface area contributed by atoms with Gasteiger partial charge in [-0.2, -0.15) is 11.8 Å². The first-order chi connectivity index (χ1) is 8.11. The molecule has 0 fully saturated rings. The Kier molecular flexibility index (Phi) is 6.08. The first kappa shape index (κ1) is 14.1. The molecule has 0 spiro atoms. The summed E-state index contributed by atoms with van der Waals surface area (Å²) >= 11 is 1.62. The van der Waals surface area contributed by atoms with Gasteiger partial charge in [0.05, 0.1) is 5.75 Å². The molecule has 3 nitrogen and oxygen atoms in total. The zero-order chi connectivity index (χ0) is 12.7. The highest BCUT2D eigenvalue weighted by Gasteiger charge is 2.03. The molecule has 0 saturated carbocycles. The number of thioether (sulfide) groups is 1. The fourth-order valence-electron chi connectivity index (χ4n) is 1.59. The Morgan fingerprint density at radius 1 is 1.29 bits per heavy atom. The predicted molar refractivity (Wildman–Crippen MR) is 75.5 cm³/mol. The molecule has 17 heavy (non-hydrogen) atoms. The predicted octanol–water partition coefficient (Wildman–Crippen LogP) is 2.32. The molecule has 1 amide bonds. The molecule has 0 aliphatic carbocycles. The Hall–Kier alpha value is -1.00. The summed E-state index contributed by atoms with van der Waals surface area (Å²) in [5.74, 6) is 1.49. The molecule has 1 rings (SSSR count). The molecule has 3 N–H and O–H groups in total. The number of amides is 1. The van der Waals surface area contributed by atoms with Crippen molar-refractivity contribution < 1.29 is 4.79 Å². The summed E-state index contributed by atoms with van der Waals surface area (Å²) in [6.07, 6.45) is 0.960. The van der Waals surface area contributed by atoms with Crippen LogP contribution in [0.1, 0.15) is 17.5 Å². The van der Waals surface area contributed by atoms with Crippen molar-refractivity contribution in [2.24, 2.45) is 5.73 Å². The van der Waals surface area contributed by atoms with Crippen LogP contribution in [-0.2, 0) is 4.79 Å². The molecular weight excluding hydrogens is 232 g/mol. The topological polar surface area (TPSA) is 55.1 Å². The van der Waals surface area contributed by atoms with E-state index in [2.05, 4.69) is 11.4 Å². The number of nitrogens with two attached hydrogens (primary N) is 1. The first-order valence-corrected chi connectivity index (χ1v) is 6.93. The molecule has 0 atom stereocenters. The maximum atomic E-state index is 11.6. The third-order valence-electron chi connectivity index (χ3n) is 2.23. The number of rotatable bonds is 6. The highest BCUT2D eigenvalue weighted by Crippen LogP contribution is 2.14. The van der Waals surface area contributed by atoms with E-state index in [1.54, 1.807) is 11.8 Å². The van der Waals surface area contributed by atoms with Crippen LogP contribution in [0.5, 0.6) is 0 Å². The van der Waals surface area contributed by atoms with Crippen molar-refractivity contribution >= 4 is 23.4 Å². The highest BCUT2D eigenvalue weighted by molar-refractivity contribution is 7.99. The quantitative estimate of drug-likeness (QED) is 0.764. The molecule has 94 valence electrons. The average Bonchev–Trinajstić information content (AvgIpc) is 2.23. The van der Waals surface area contributed by atoms with E-state index < -0.39 is 0 Å². The van der Waals surface area contributed by atoms with Gasteiger partial charge in [0.25, 0.3) is 0 Å². The van der Waals surface area contributed by atoms with Gasteiger partial charge >= 0.3 is 0 Å². The minimum Gasteiger partial charge on any atom is -0.330 e. The van der Waals surface area contributed by atoms with Gasteiger partial charge in [0.1, 0.15) is 0 Å². The summed E-state index contributed by atoms with van der Waals surface area (Å²) in [5.41, 5.74) is 8.60. The number of benzene rings is 1. The smallest absolute Gasteiger partial charge is 0.234 e. The second-order valence-corrected chi connectivity index (χ2v) is 5.22. The van der Waals surface area contributed by atoms with Crippen molar-refractivity contribution in [3.05, 3.63) is 29.3 Å². The summed E-state index contributed by atoms with van der Waals surface area (Å²) < 4.78 is 0. The van der Waals surface area contributed by atoms with E-state index in [-0.39, 0.29) is 5.91 Å². The number of anilines is 1. The lowest BCUT2D eigenvalue weighted by Crippen LogP contribution is -2.14. The van der Waals surface area contributed by atoms with Crippen LogP contribution in [0, 0.1) is 13.8 Å². The molecule has 0 aromatic heterocycles. The third-order valence-corrected chi connectivity index (χ3v) is 3.28. The minimum absolute atomic E-state index is 0.0528. The fourth-order valence-corrected chi connectivity index (χ4v) is 2.37. The van der Waals surface area contributed by atoms with Gasteiger partial charge in [-0.05, 0) is 55.8 Å². The average molecular weight is 252 g/mol. The zero-order valence-corrected chi connectivity index (χ0v) is 11.3. The van der Waals surface area contributed by atoms with Gasteiger partial charge in [-0.3, -0.25) is 4.79 Å². The zero-order valence-electron chi connectivity index (χ0n) is 10.5. The second-order valence-electron chi connectivity index (χ2n) is 4.12.